The fourth-order valence-corrected chi connectivity index (χ4v) is 2.75. The number of benzene rings is 1. The summed E-state index contributed by atoms with van der Waals surface area (Å²) in [5, 5.41) is 3.85. The van der Waals surface area contributed by atoms with Crippen LogP contribution in [0.5, 0.6) is 0 Å². The van der Waals surface area contributed by atoms with Crippen molar-refractivity contribution in [3.05, 3.63) is 33.5 Å². The zero-order valence-corrected chi connectivity index (χ0v) is 13.2. The first-order valence-electron chi connectivity index (χ1n) is 6.48. The molecule has 1 aromatic heterocycles. The van der Waals surface area contributed by atoms with Gasteiger partial charge in [-0.25, -0.2) is 9.37 Å². The number of hydrogen-bond donors (Lipinski definition) is 1. The highest BCUT2D eigenvalue weighted by atomic mass is 79.9. The van der Waals surface area contributed by atoms with Crippen LogP contribution in [0.1, 0.15) is 37.8 Å². The smallest absolute Gasteiger partial charge is 0.146 e. The van der Waals surface area contributed by atoms with Crippen molar-refractivity contribution in [1.82, 2.24) is 4.98 Å². The zero-order chi connectivity index (χ0) is 14.2. The molecule has 102 valence electrons. The number of aromatic nitrogens is 1. The van der Waals surface area contributed by atoms with Crippen molar-refractivity contribution in [1.29, 1.82) is 0 Å². The number of hydrogen-bond acceptors (Lipinski definition) is 2. The largest absolute Gasteiger partial charge is 0.370 e. The van der Waals surface area contributed by atoms with Gasteiger partial charge in [-0.05, 0) is 59.0 Å². The van der Waals surface area contributed by atoms with Crippen LogP contribution in [0.2, 0.25) is 0 Å². The number of aryl methyl sites for hydroxylation is 1. The minimum Gasteiger partial charge on any atom is -0.370 e. The van der Waals surface area contributed by atoms with E-state index in [2.05, 4.69) is 40.1 Å². The molecule has 0 spiro atoms. The van der Waals surface area contributed by atoms with Crippen molar-refractivity contribution in [3.8, 4) is 0 Å². The molecule has 0 aliphatic heterocycles. The molecule has 19 heavy (non-hydrogen) atoms. The SMILES string of the molecule is CCNc1nc2c(C)cc(Br)c(F)c2cc1C(C)C. The second-order valence-electron chi connectivity index (χ2n) is 5.00. The van der Waals surface area contributed by atoms with Crippen molar-refractivity contribution in [2.24, 2.45) is 0 Å². The molecule has 0 radical (unpaired) electrons. The predicted molar refractivity (Wildman–Crippen MR) is 82.4 cm³/mol. The molecule has 0 aliphatic carbocycles. The van der Waals surface area contributed by atoms with E-state index in [1.165, 1.54) is 0 Å². The molecule has 1 N–H and O–H groups in total. The Morgan fingerprint density at radius 2 is 2.05 bits per heavy atom. The topological polar surface area (TPSA) is 24.9 Å². The summed E-state index contributed by atoms with van der Waals surface area (Å²) < 4.78 is 14.7. The standard InChI is InChI=1S/C15H18BrFN2/c1-5-18-15-10(8(2)3)7-11-13(17)12(16)6-9(4)14(11)19-15/h6-8H,5H2,1-4H3,(H,18,19). The minimum absolute atomic E-state index is 0.238. The van der Waals surface area contributed by atoms with Crippen LogP contribution in [0.3, 0.4) is 0 Å². The molecule has 2 nitrogen and oxygen atoms in total. The second kappa shape index (κ2) is 5.45. The van der Waals surface area contributed by atoms with E-state index in [1.807, 2.05) is 19.9 Å². The lowest BCUT2D eigenvalue weighted by Gasteiger charge is -2.16. The van der Waals surface area contributed by atoms with Crippen LogP contribution < -0.4 is 5.32 Å². The van der Waals surface area contributed by atoms with Crippen molar-refractivity contribution >= 4 is 32.7 Å². The monoisotopic (exact) mass is 324 g/mol. The maximum atomic E-state index is 14.2. The van der Waals surface area contributed by atoms with Gasteiger partial charge in [-0.3, -0.25) is 0 Å². The maximum Gasteiger partial charge on any atom is 0.146 e. The van der Waals surface area contributed by atoms with Crippen molar-refractivity contribution < 1.29 is 4.39 Å². The molecule has 0 bridgehead atoms. The summed E-state index contributed by atoms with van der Waals surface area (Å²) in [5.74, 6) is 0.914. The molecule has 4 heteroatoms. The van der Waals surface area contributed by atoms with Gasteiger partial charge in [0, 0.05) is 11.9 Å². The van der Waals surface area contributed by atoms with Crippen LogP contribution in [0.25, 0.3) is 10.9 Å². The number of nitrogens with one attached hydrogen (secondary N) is 1. The van der Waals surface area contributed by atoms with E-state index < -0.39 is 0 Å². The fraction of sp³-hybridized carbons (Fsp3) is 0.400. The van der Waals surface area contributed by atoms with Crippen LogP contribution in [-0.4, -0.2) is 11.5 Å². The number of anilines is 1. The van der Waals surface area contributed by atoms with Gasteiger partial charge < -0.3 is 5.32 Å². The number of nitrogens with zero attached hydrogens (tertiary/aromatic N) is 1. The van der Waals surface area contributed by atoms with Gasteiger partial charge in [0.15, 0.2) is 0 Å². The van der Waals surface area contributed by atoms with Gasteiger partial charge in [-0.15, -0.1) is 0 Å². The molecule has 0 aliphatic rings. The van der Waals surface area contributed by atoms with Crippen molar-refractivity contribution in [2.75, 3.05) is 11.9 Å². The summed E-state index contributed by atoms with van der Waals surface area (Å²) in [6.07, 6.45) is 0. The van der Waals surface area contributed by atoms with Crippen LogP contribution in [-0.2, 0) is 0 Å². The summed E-state index contributed by atoms with van der Waals surface area (Å²) in [5.41, 5.74) is 2.74. The fourth-order valence-electron chi connectivity index (χ4n) is 2.20. The van der Waals surface area contributed by atoms with E-state index in [9.17, 15) is 4.39 Å². The third-order valence-corrected chi connectivity index (χ3v) is 3.76. The Hall–Kier alpha value is -1.16. The normalized spacial score (nSPS) is 11.3. The number of fused-ring (bicyclic) bond motifs is 1. The minimum atomic E-state index is -0.238. The van der Waals surface area contributed by atoms with Crippen molar-refractivity contribution in [2.45, 2.75) is 33.6 Å². The molecule has 0 unspecified atom stereocenters. The Labute approximate surface area is 121 Å². The second-order valence-corrected chi connectivity index (χ2v) is 5.85. The molecule has 1 aromatic carbocycles. The first-order valence-corrected chi connectivity index (χ1v) is 7.28. The maximum absolute atomic E-state index is 14.2. The third-order valence-electron chi connectivity index (χ3n) is 3.18. The van der Waals surface area contributed by atoms with Gasteiger partial charge in [0.1, 0.15) is 11.6 Å². The third kappa shape index (κ3) is 2.59. The summed E-state index contributed by atoms with van der Waals surface area (Å²) in [4.78, 5) is 4.62. The summed E-state index contributed by atoms with van der Waals surface area (Å²) >= 11 is 3.26. The Morgan fingerprint density at radius 3 is 2.63 bits per heavy atom. The highest BCUT2D eigenvalue weighted by molar-refractivity contribution is 9.10. The van der Waals surface area contributed by atoms with E-state index in [1.54, 1.807) is 6.07 Å². The average molecular weight is 325 g/mol. The summed E-state index contributed by atoms with van der Waals surface area (Å²) in [7, 11) is 0. The number of pyridine rings is 1. The lowest BCUT2D eigenvalue weighted by atomic mass is 10.00. The first-order chi connectivity index (χ1) is 8.95. The van der Waals surface area contributed by atoms with Gasteiger partial charge in [0.05, 0.1) is 9.99 Å². The molecule has 2 rings (SSSR count). The first kappa shape index (κ1) is 14.3. The predicted octanol–water partition coefficient (Wildman–Crippen LogP) is 5.00. The quantitative estimate of drug-likeness (QED) is 0.859. The van der Waals surface area contributed by atoms with Crippen LogP contribution >= 0.6 is 15.9 Å². The molecule has 0 atom stereocenters. The Balaban J connectivity index is 2.81. The summed E-state index contributed by atoms with van der Waals surface area (Å²) in [6, 6.07) is 3.69. The highest BCUT2D eigenvalue weighted by Crippen LogP contribution is 2.32. The average Bonchev–Trinajstić information content (AvgIpc) is 2.35. The molecule has 2 aromatic rings. The van der Waals surface area contributed by atoms with E-state index in [0.29, 0.717) is 15.8 Å². The molecular formula is C15H18BrFN2. The lowest BCUT2D eigenvalue weighted by Crippen LogP contribution is -2.06. The van der Waals surface area contributed by atoms with E-state index >= 15 is 0 Å². The Kier molecular flexibility index (Phi) is 4.09. The van der Waals surface area contributed by atoms with Gasteiger partial charge in [-0.1, -0.05) is 13.8 Å². The molecule has 0 saturated carbocycles. The molecular weight excluding hydrogens is 307 g/mol. The Morgan fingerprint density at radius 1 is 1.37 bits per heavy atom. The van der Waals surface area contributed by atoms with E-state index in [4.69, 9.17) is 0 Å². The van der Waals surface area contributed by atoms with Crippen LogP contribution in [0.15, 0.2) is 16.6 Å². The van der Waals surface area contributed by atoms with E-state index in [0.717, 1.165) is 29.0 Å². The number of rotatable bonds is 3. The summed E-state index contributed by atoms with van der Waals surface area (Å²) in [6.45, 7) is 8.96. The van der Waals surface area contributed by atoms with E-state index in [-0.39, 0.29) is 5.82 Å². The van der Waals surface area contributed by atoms with Gasteiger partial charge in [0.2, 0.25) is 0 Å². The number of halogens is 2. The lowest BCUT2D eigenvalue weighted by molar-refractivity contribution is 0.632. The van der Waals surface area contributed by atoms with Gasteiger partial charge in [0.25, 0.3) is 0 Å². The molecule has 0 saturated heterocycles. The molecule has 0 fully saturated rings. The Bertz CT molecular complexity index is 623. The highest BCUT2D eigenvalue weighted by Gasteiger charge is 2.15. The molecule has 0 amide bonds. The van der Waals surface area contributed by atoms with Gasteiger partial charge >= 0.3 is 0 Å². The van der Waals surface area contributed by atoms with Crippen LogP contribution in [0, 0.1) is 12.7 Å². The molecule has 1 heterocycles. The van der Waals surface area contributed by atoms with Crippen LogP contribution in [0.4, 0.5) is 10.2 Å². The zero-order valence-electron chi connectivity index (χ0n) is 11.6. The van der Waals surface area contributed by atoms with Gasteiger partial charge in [-0.2, -0.15) is 0 Å². The van der Waals surface area contributed by atoms with Crippen molar-refractivity contribution in [3.63, 3.8) is 0 Å².